The van der Waals surface area contributed by atoms with Gasteiger partial charge in [0.1, 0.15) is 11.4 Å². The van der Waals surface area contributed by atoms with Crippen LogP contribution >= 0.6 is 0 Å². The Morgan fingerprint density at radius 1 is 0.957 bits per heavy atom. The summed E-state index contributed by atoms with van der Waals surface area (Å²) in [7, 11) is 0. The van der Waals surface area contributed by atoms with Gasteiger partial charge in [-0.05, 0) is 12.1 Å². The van der Waals surface area contributed by atoms with E-state index < -0.39 is 12.0 Å². The number of primary amides is 1. The van der Waals surface area contributed by atoms with Crippen LogP contribution < -0.4 is 10.5 Å². The van der Waals surface area contributed by atoms with Gasteiger partial charge in [0, 0.05) is 5.56 Å². The molecule has 3 rings (SSSR count). The third kappa shape index (κ3) is 3.16. The Bertz CT molecular complexity index is 839. The number of ether oxygens (including phenoxy) is 1. The molecule has 0 fully saturated rings. The van der Waals surface area contributed by atoms with Crippen molar-refractivity contribution in [3.63, 3.8) is 0 Å². The number of carbonyl (C=O) groups excluding carboxylic acids is 1. The predicted molar refractivity (Wildman–Crippen MR) is 82.5 cm³/mol. The second-order valence-corrected chi connectivity index (χ2v) is 4.66. The SMILES string of the molecule is NC(=O)c1nc(F)nc(-c2ccccc2)c1Oc1ccccc1. The molecule has 0 aliphatic carbocycles. The quantitative estimate of drug-likeness (QED) is 0.751. The molecule has 1 amide bonds. The van der Waals surface area contributed by atoms with Crippen molar-refractivity contribution in [1.82, 2.24) is 9.97 Å². The van der Waals surface area contributed by atoms with Crippen LogP contribution in [0.3, 0.4) is 0 Å². The normalized spacial score (nSPS) is 10.3. The first kappa shape index (κ1) is 14.6. The van der Waals surface area contributed by atoms with E-state index in [9.17, 15) is 9.18 Å². The molecule has 5 nitrogen and oxygen atoms in total. The van der Waals surface area contributed by atoms with Crippen LogP contribution in [0, 0.1) is 6.08 Å². The zero-order valence-corrected chi connectivity index (χ0v) is 11.9. The predicted octanol–water partition coefficient (Wildman–Crippen LogP) is 3.17. The third-order valence-corrected chi connectivity index (χ3v) is 3.08. The zero-order chi connectivity index (χ0) is 16.2. The van der Waals surface area contributed by atoms with Gasteiger partial charge in [-0.25, -0.2) is 0 Å². The van der Waals surface area contributed by atoms with Crippen LogP contribution in [0.25, 0.3) is 11.3 Å². The largest absolute Gasteiger partial charge is 0.453 e. The van der Waals surface area contributed by atoms with Crippen molar-refractivity contribution in [2.75, 3.05) is 0 Å². The zero-order valence-electron chi connectivity index (χ0n) is 11.9. The highest BCUT2D eigenvalue weighted by Gasteiger charge is 2.21. The number of para-hydroxylation sites is 1. The van der Waals surface area contributed by atoms with Crippen molar-refractivity contribution in [2.24, 2.45) is 5.73 Å². The minimum atomic E-state index is -1.04. The number of rotatable bonds is 4. The second kappa shape index (κ2) is 6.23. The van der Waals surface area contributed by atoms with Crippen LogP contribution in [-0.2, 0) is 0 Å². The van der Waals surface area contributed by atoms with Gasteiger partial charge in [-0.2, -0.15) is 14.4 Å². The summed E-state index contributed by atoms with van der Waals surface area (Å²) < 4.78 is 19.4. The number of halogens is 1. The van der Waals surface area contributed by atoms with Crippen LogP contribution in [0.2, 0.25) is 0 Å². The Morgan fingerprint density at radius 2 is 1.57 bits per heavy atom. The van der Waals surface area contributed by atoms with E-state index in [1.165, 1.54) is 0 Å². The number of aromatic nitrogens is 2. The number of nitrogens with zero attached hydrogens (tertiary/aromatic N) is 2. The molecule has 0 radical (unpaired) electrons. The molecule has 3 aromatic rings. The number of hydrogen-bond donors (Lipinski definition) is 1. The van der Waals surface area contributed by atoms with E-state index in [0.29, 0.717) is 11.3 Å². The van der Waals surface area contributed by atoms with Crippen LogP contribution in [0.15, 0.2) is 60.7 Å². The van der Waals surface area contributed by atoms with Crippen LogP contribution in [0.1, 0.15) is 10.5 Å². The van der Waals surface area contributed by atoms with Crippen molar-refractivity contribution in [1.29, 1.82) is 0 Å². The van der Waals surface area contributed by atoms with Gasteiger partial charge >= 0.3 is 6.08 Å². The summed E-state index contributed by atoms with van der Waals surface area (Å²) in [6, 6.07) is 17.6. The van der Waals surface area contributed by atoms with Crippen molar-refractivity contribution in [3.8, 4) is 22.8 Å². The van der Waals surface area contributed by atoms with E-state index in [1.807, 2.05) is 12.1 Å². The van der Waals surface area contributed by atoms with Gasteiger partial charge in [-0.15, -0.1) is 0 Å². The molecule has 114 valence electrons. The van der Waals surface area contributed by atoms with E-state index in [1.54, 1.807) is 48.5 Å². The van der Waals surface area contributed by atoms with E-state index in [4.69, 9.17) is 10.5 Å². The molecule has 0 atom stereocenters. The maximum absolute atomic E-state index is 13.7. The summed E-state index contributed by atoms with van der Waals surface area (Å²) in [6.45, 7) is 0. The molecule has 6 heteroatoms. The third-order valence-electron chi connectivity index (χ3n) is 3.08. The highest BCUT2D eigenvalue weighted by molar-refractivity contribution is 5.95. The summed E-state index contributed by atoms with van der Waals surface area (Å²) in [5.74, 6) is -0.409. The number of carbonyl (C=O) groups is 1. The van der Waals surface area contributed by atoms with Gasteiger partial charge in [-0.1, -0.05) is 48.5 Å². The van der Waals surface area contributed by atoms with E-state index in [2.05, 4.69) is 9.97 Å². The topological polar surface area (TPSA) is 78.1 Å². The molecule has 0 bridgehead atoms. The molecule has 0 aliphatic heterocycles. The number of nitrogens with two attached hydrogens (primary N) is 1. The molecular weight excluding hydrogens is 297 g/mol. The first-order chi connectivity index (χ1) is 11.1. The Balaban J connectivity index is 2.20. The summed E-state index contributed by atoms with van der Waals surface area (Å²) >= 11 is 0. The average Bonchev–Trinajstić information content (AvgIpc) is 2.57. The van der Waals surface area contributed by atoms with Crippen LogP contribution in [0.5, 0.6) is 11.5 Å². The molecule has 0 saturated heterocycles. The number of amides is 1. The molecule has 0 spiro atoms. The van der Waals surface area contributed by atoms with E-state index in [-0.39, 0.29) is 17.1 Å². The highest BCUT2D eigenvalue weighted by atomic mass is 19.1. The van der Waals surface area contributed by atoms with Gasteiger partial charge in [0.05, 0.1) is 0 Å². The van der Waals surface area contributed by atoms with E-state index in [0.717, 1.165) is 0 Å². The summed E-state index contributed by atoms with van der Waals surface area (Å²) in [5, 5.41) is 0. The minimum Gasteiger partial charge on any atom is -0.453 e. The van der Waals surface area contributed by atoms with Gasteiger partial charge in [-0.3, -0.25) is 4.79 Å². The fourth-order valence-corrected chi connectivity index (χ4v) is 2.08. The molecule has 2 N–H and O–H groups in total. The van der Waals surface area contributed by atoms with Crippen LogP contribution in [-0.4, -0.2) is 15.9 Å². The first-order valence-electron chi connectivity index (χ1n) is 6.81. The van der Waals surface area contributed by atoms with Crippen molar-refractivity contribution >= 4 is 5.91 Å². The smallest absolute Gasteiger partial charge is 0.310 e. The maximum Gasteiger partial charge on any atom is 0.310 e. The van der Waals surface area contributed by atoms with Crippen LogP contribution in [0.4, 0.5) is 4.39 Å². The average molecular weight is 309 g/mol. The van der Waals surface area contributed by atoms with Gasteiger partial charge in [0.15, 0.2) is 11.4 Å². The lowest BCUT2D eigenvalue weighted by molar-refractivity contribution is 0.0991. The van der Waals surface area contributed by atoms with Gasteiger partial charge in [0.25, 0.3) is 5.91 Å². The molecule has 0 unspecified atom stereocenters. The van der Waals surface area contributed by atoms with Crippen molar-refractivity contribution in [3.05, 3.63) is 72.4 Å². The Morgan fingerprint density at radius 3 is 2.17 bits per heavy atom. The van der Waals surface area contributed by atoms with Gasteiger partial charge in [0.2, 0.25) is 0 Å². The fourth-order valence-electron chi connectivity index (χ4n) is 2.08. The maximum atomic E-state index is 13.7. The summed E-state index contributed by atoms with van der Waals surface area (Å²) in [6.07, 6.45) is -1.04. The van der Waals surface area contributed by atoms with Crippen molar-refractivity contribution in [2.45, 2.75) is 0 Å². The molecule has 0 aliphatic rings. The molecule has 23 heavy (non-hydrogen) atoms. The first-order valence-corrected chi connectivity index (χ1v) is 6.81. The fraction of sp³-hybridized carbons (Fsp3) is 0. The van der Waals surface area contributed by atoms with E-state index >= 15 is 0 Å². The minimum absolute atomic E-state index is 0.0244. The molecule has 1 aromatic heterocycles. The second-order valence-electron chi connectivity index (χ2n) is 4.66. The number of benzene rings is 2. The molecular formula is C17H12FN3O2. The molecule has 2 aromatic carbocycles. The lowest BCUT2D eigenvalue weighted by Crippen LogP contribution is -2.17. The lowest BCUT2D eigenvalue weighted by atomic mass is 10.1. The molecule has 0 saturated carbocycles. The Kier molecular flexibility index (Phi) is 3.97. The van der Waals surface area contributed by atoms with Crippen molar-refractivity contribution < 1.29 is 13.9 Å². The standard InChI is InChI=1S/C17H12FN3O2/c18-17-20-13(11-7-3-1-4-8-11)15(14(21-17)16(19)22)23-12-9-5-2-6-10-12/h1-10H,(H2,19,22). The lowest BCUT2D eigenvalue weighted by Gasteiger charge is -2.13. The number of hydrogen-bond acceptors (Lipinski definition) is 4. The Hall–Kier alpha value is -3.28. The van der Waals surface area contributed by atoms with Gasteiger partial charge < -0.3 is 10.5 Å². The molecule has 1 heterocycles. The monoisotopic (exact) mass is 309 g/mol. The highest BCUT2D eigenvalue weighted by Crippen LogP contribution is 2.34. The summed E-state index contributed by atoms with van der Waals surface area (Å²) in [5.41, 5.74) is 5.75. The Labute approximate surface area is 131 Å². The summed E-state index contributed by atoms with van der Waals surface area (Å²) in [4.78, 5) is 18.9.